The molecule has 2 aromatic rings. The zero-order chi connectivity index (χ0) is 17.9. The van der Waals surface area contributed by atoms with Crippen molar-refractivity contribution in [3.8, 4) is 0 Å². The van der Waals surface area contributed by atoms with Crippen molar-refractivity contribution in [1.82, 2.24) is 15.2 Å². The van der Waals surface area contributed by atoms with Crippen molar-refractivity contribution >= 4 is 49.1 Å². The largest absolute Gasteiger partial charge is 0.282 e. The number of benzene rings is 1. The second-order valence-corrected chi connectivity index (χ2v) is 7.17. The second-order valence-electron chi connectivity index (χ2n) is 4.28. The molecule has 1 aromatic carbocycles. The fraction of sp³-hybridized carbons (Fsp3) is 0. The molecule has 2 N–H and O–H groups in total. The summed E-state index contributed by atoms with van der Waals surface area (Å²) in [6.07, 6.45) is 0.993. The summed E-state index contributed by atoms with van der Waals surface area (Å²) in [5, 5.41) is 10.9. The van der Waals surface area contributed by atoms with Gasteiger partial charge in [-0.05, 0) is 28.1 Å². The van der Waals surface area contributed by atoms with Crippen LogP contribution in [0.4, 0.5) is 5.69 Å². The molecule has 1 amide bonds. The van der Waals surface area contributed by atoms with E-state index in [2.05, 4.69) is 20.9 Å². The van der Waals surface area contributed by atoms with Crippen LogP contribution in [0.5, 0.6) is 0 Å². The lowest BCUT2D eigenvalue weighted by Crippen LogP contribution is -2.41. The molecular weight excluding hydrogens is 428 g/mol. The maximum Gasteiger partial charge on any atom is 0.282 e. The first-order valence-corrected chi connectivity index (χ1v) is 8.74. The van der Waals surface area contributed by atoms with Gasteiger partial charge in [0.15, 0.2) is 0 Å². The number of halogens is 2. The van der Waals surface area contributed by atoms with Crippen molar-refractivity contribution in [2.24, 2.45) is 0 Å². The number of hydrogen-bond donors (Lipinski definition) is 2. The highest BCUT2D eigenvalue weighted by Gasteiger charge is 2.22. The maximum absolute atomic E-state index is 12.1. The zero-order valence-corrected chi connectivity index (χ0v) is 14.7. The Morgan fingerprint density at radius 2 is 2.00 bits per heavy atom. The molecule has 0 atom stereocenters. The predicted molar refractivity (Wildman–Crippen MR) is 87.8 cm³/mol. The Hall–Kier alpha value is -2.08. The number of carbonyl (C=O) groups is 1. The number of hydrogen-bond acceptors (Lipinski definition) is 6. The first-order valence-electron chi connectivity index (χ1n) is 6.09. The number of nitrogens with one attached hydrogen (secondary N) is 2. The Morgan fingerprint density at radius 3 is 2.62 bits per heavy atom. The SMILES string of the molecule is O=C(NNS(=O)(=O)c1cnc(Cl)c(Br)c1)c1ccccc1[N+](=O)[O-]. The molecule has 0 unspecified atom stereocenters. The third-order valence-electron chi connectivity index (χ3n) is 2.73. The van der Waals surface area contributed by atoms with Gasteiger partial charge >= 0.3 is 0 Å². The normalized spacial score (nSPS) is 11.1. The van der Waals surface area contributed by atoms with Crippen LogP contribution in [0, 0.1) is 10.1 Å². The average molecular weight is 436 g/mol. The van der Waals surface area contributed by atoms with E-state index in [0.717, 1.165) is 12.3 Å². The molecule has 0 saturated heterocycles. The van der Waals surface area contributed by atoms with Crippen molar-refractivity contribution in [3.63, 3.8) is 0 Å². The highest BCUT2D eigenvalue weighted by Crippen LogP contribution is 2.22. The first kappa shape index (κ1) is 18.3. The van der Waals surface area contributed by atoms with Crippen molar-refractivity contribution in [2.75, 3.05) is 0 Å². The van der Waals surface area contributed by atoms with Crippen LogP contribution in [-0.4, -0.2) is 24.2 Å². The lowest BCUT2D eigenvalue weighted by molar-refractivity contribution is -0.385. The number of hydrazine groups is 1. The van der Waals surface area contributed by atoms with Gasteiger partial charge < -0.3 is 0 Å². The van der Waals surface area contributed by atoms with Gasteiger partial charge in [-0.2, -0.15) is 0 Å². The molecule has 0 bridgehead atoms. The van der Waals surface area contributed by atoms with Gasteiger partial charge in [0.1, 0.15) is 15.6 Å². The standard InChI is InChI=1S/C12H8BrClN4O5S/c13-9-5-7(6-15-11(9)14)24(22,23)17-16-12(19)8-3-1-2-4-10(8)18(20)21/h1-6,17H,(H,16,19). The van der Waals surface area contributed by atoms with E-state index in [1.807, 2.05) is 10.3 Å². The number of nitro groups is 1. The topological polar surface area (TPSA) is 131 Å². The third-order valence-corrected chi connectivity index (χ3v) is 5.07. The Kier molecular flexibility index (Phi) is 5.49. The van der Waals surface area contributed by atoms with Crippen LogP contribution >= 0.6 is 27.5 Å². The van der Waals surface area contributed by atoms with Crippen molar-refractivity contribution < 1.29 is 18.1 Å². The van der Waals surface area contributed by atoms with E-state index in [0.29, 0.717) is 0 Å². The van der Waals surface area contributed by atoms with Gasteiger partial charge in [-0.15, -0.1) is 4.83 Å². The van der Waals surface area contributed by atoms with Crippen molar-refractivity contribution in [1.29, 1.82) is 0 Å². The Balaban J connectivity index is 2.19. The molecule has 126 valence electrons. The molecular formula is C12H8BrClN4O5S. The van der Waals surface area contributed by atoms with Gasteiger partial charge in [-0.1, -0.05) is 23.7 Å². The molecule has 0 saturated carbocycles. The number of carbonyl (C=O) groups excluding carboxylic acids is 1. The number of para-hydroxylation sites is 1. The van der Waals surface area contributed by atoms with E-state index in [9.17, 15) is 23.3 Å². The Labute approximate surface area is 149 Å². The zero-order valence-electron chi connectivity index (χ0n) is 11.6. The van der Waals surface area contributed by atoms with Gasteiger partial charge in [-0.25, -0.2) is 13.4 Å². The molecule has 1 heterocycles. The highest BCUT2D eigenvalue weighted by molar-refractivity contribution is 9.10. The number of nitro benzene ring substituents is 1. The summed E-state index contributed by atoms with van der Waals surface area (Å²) in [4.78, 5) is 27.3. The molecule has 0 aliphatic rings. The lowest BCUT2D eigenvalue weighted by Gasteiger charge is -2.09. The molecule has 0 radical (unpaired) electrons. The summed E-state index contributed by atoms with van der Waals surface area (Å²) < 4.78 is 24.4. The van der Waals surface area contributed by atoms with Gasteiger partial charge in [0.25, 0.3) is 21.6 Å². The fourth-order valence-electron chi connectivity index (χ4n) is 1.62. The molecule has 1 aromatic heterocycles. The van der Waals surface area contributed by atoms with Gasteiger partial charge in [-0.3, -0.25) is 20.3 Å². The van der Waals surface area contributed by atoms with Crippen molar-refractivity contribution in [2.45, 2.75) is 4.90 Å². The number of aromatic nitrogens is 1. The summed E-state index contributed by atoms with van der Waals surface area (Å²) in [6.45, 7) is 0. The minimum Gasteiger partial charge on any atom is -0.273 e. The van der Waals surface area contributed by atoms with Crippen LogP contribution in [0.15, 0.2) is 45.9 Å². The van der Waals surface area contributed by atoms with Gasteiger partial charge in [0.05, 0.1) is 9.40 Å². The molecule has 0 spiro atoms. The molecule has 0 aliphatic heterocycles. The Bertz CT molecular complexity index is 921. The predicted octanol–water partition coefficient (Wildman–Crippen LogP) is 2.03. The van der Waals surface area contributed by atoms with Crippen LogP contribution in [0.2, 0.25) is 5.15 Å². The molecule has 0 aliphatic carbocycles. The number of rotatable bonds is 5. The molecule has 2 rings (SSSR count). The van der Waals surface area contributed by atoms with Crippen LogP contribution in [0.1, 0.15) is 10.4 Å². The monoisotopic (exact) mass is 434 g/mol. The average Bonchev–Trinajstić information content (AvgIpc) is 2.55. The number of nitrogens with zero attached hydrogens (tertiary/aromatic N) is 2. The van der Waals surface area contributed by atoms with Gasteiger partial charge in [0.2, 0.25) is 0 Å². The minimum absolute atomic E-state index is 0.0675. The molecule has 24 heavy (non-hydrogen) atoms. The number of pyridine rings is 1. The van der Waals surface area contributed by atoms with Crippen LogP contribution in [0.25, 0.3) is 0 Å². The van der Waals surface area contributed by atoms with E-state index < -0.39 is 26.5 Å². The third kappa shape index (κ3) is 4.06. The summed E-state index contributed by atoms with van der Waals surface area (Å²) >= 11 is 8.71. The lowest BCUT2D eigenvalue weighted by atomic mass is 10.2. The van der Waals surface area contributed by atoms with Crippen LogP contribution in [0.3, 0.4) is 0 Å². The van der Waals surface area contributed by atoms with E-state index in [4.69, 9.17) is 11.6 Å². The van der Waals surface area contributed by atoms with Crippen molar-refractivity contribution in [3.05, 3.63) is 61.8 Å². The number of sulfonamides is 1. The highest BCUT2D eigenvalue weighted by atomic mass is 79.9. The molecule has 9 nitrogen and oxygen atoms in total. The van der Waals surface area contributed by atoms with E-state index >= 15 is 0 Å². The summed E-state index contributed by atoms with van der Waals surface area (Å²) in [6, 6.07) is 6.31. The van der Waals surface area contributed by atoms with E-state index in [1.165, 1.54) is 24.3 Å². The maximum atomic E-state index is 12.1. The summed E-state index contributed by atoms with van der Waals surface area (Å²) in [5.74, 6) is -0.980. The minimum atomic E-state index is -4.14. The quantitative estimate of drug-likeness (QED) is 0.420. The summed E-state index contributed by atoms with van der Waals surface area (Å²) in [5.41, 5.74) is 1.16. The Morgan fingerprint density at radius 1 is 1.33 bits per heavy atom. The fourth-order valence-corrected chi connectivity index (χ4v) is 3.03. The summed E-state index contributed by atoms with van der Waals surface area (Å²) in [7, 11) is -4.14. The van der Waals surface area contributed by atoms with Gasteiger partial charge in [0, 0.05) is 12.3 Å². The van der Waals surface area contributed by atoms with Crippen LogP contribution in [-0.2, 0) is 10.0 Å². The molecule has 0 fully saturated rings. The second kappa shape index (κ2) is 7.21. The van der Waals surface area contributed by atoms with E-state index in [1.54, 1.807) is 0 Å². The van der Waals surface area contributed by atoms with E-state index in [-0.39, 0.29) is 20.1 Å². The molecule has 12 heteroatoms. The smallest absolute Gasteiger partial charge is 0.273 e. The van der Waals surface area contributed by atoms with Crippen LogP contribution < -0.4 is 10.3 Å². The number of amides is 1. The first-order chi connectivity index (χ1) is 11.2.